The number of nitrogens with one attached hydrogen (secondary N) is 3. The van der Waals surface area contributed by atoms with Gasteiger partial charge in [0.2, 0.25) is 29.4 Å². The number of amides is 3. The van der Waals surface area contributed by atoms with Crippen molar-refractivity contribution in [2.75, 3.05) is 18.4 Å². The number of fused-ring (bicyclic) bond motifs is 5. The maximum absolute atomic E-state index is 13.7. The van der Waals surface area contributed by atoms with E-state index in [0.29, 0.717) is 33.5 Å². The minimum atomic E-state index is -4.48. The Morgan fingerprint density at radius 2 is 1.28 bits per heavy atom. The fourth-order valence-corrected chi connectivity index (χ4v) is 7.81. The number of carbonyl (C=O) groups is 6. The van der Waals surface area contributed by atoms with Crippen molar-refractivity contribution >= 4 is 41.3 Å². The van der Waals surface area contributed by atoms with Gasteiger partial charge in [-0.1, -0.05) is 42.5 Å². The van der Waals surface area contributed by atoms with Gasteiger partial charge < -0.3 is 34.9 Å². The van der Waals surface area contributed by atoms with Gasteiger partial charge in [0, 0.05) is 85.4 Å². The van der Waals surface area contributed by atoms with Crippen LogP contribution in [0.25, 0.3) is 22.8 Å². The summed E-state index contributed by atoms with van der Waals surface area (Å²) in [5.41, 5.74) is -1.06. The summed E-state index contributed by atoms with van der Waals surface area (Å²) >= 11 is 0. The van der Waals surface area contributed by atoms with Crippen molar-refractivity contribution in [3.63, 3.8) is 0 Å². The average molecular weight is 944 g/mol. The fourth-order valence-electron chi connectivity index (χ4n) is 7.81. The van der Waals surface area contributed by atoms with Gasteiger partial charge in [-0.2, -0.15) is 13.2 Å². The van der Waals surface area contributed by atoms with Gasteiger partial charge in [-0.25, -0.2) is 4.79 Å². The Hall–Kier alpha value is -8.55. The van der Waals surface area contributed by atoms with Crippen molar-refractivity contribution < 1.29 is 60.9 Å². The van der Waals surface area contributed by atoms with Crippen LogP contribution in [0.2, 0.25) is 0 Å². The predicted octanol–water partition coefficient (Wildman–Crippen LogP) is 6.85. The van der Waals surface area contributed by atoms with E-state index in [-0.39, 0.29) is 84.4 Å². The number of esters is 3. The van der Waals surface area contributed by atoms with Crippen molar-refractivity contribution in [3.05, 3.63) is 137 Å². The zero-order chi connectivity index (χ0) is 49.1. The molecule has 352 valence electrons. The lowest BCUT2D eigenvalue weighted by Gasteiger charge is -2.37. The van der Waals surface area contributed by atoms with Gasteiger partial charge in [-0.3, -0.25) is 24.0 Å². The highest BCUT2D eigenvalue weighted by Crippen LogP contribution is 2.58. The van der Waals surface area contributed by atoms with E-state index in [4.69, 9.17) is 18.9 Å². The number of ether oxygens (including phenoxy) is 4. The third-order valence-corrected chi connectivity index (χ3v) is 11.1. The molecule has 0 radical (unpaired) electrons. The monoisotopic (exact) mass is 943 g/mol. The van der Waals surface area contributed by atoms with E-state index in [0.717, 1.165) is 12.1 Å². The van der Waals surface area contributed by atoms with Gasteiger partial charge in [0.25, 0.3) is 0 Å². The molecule has 20 heteroatoms. The van der Waals surface area contributed by atoms with Crippen LogP contribution in [-0.2, 0) is 45.3 Å². The third kappa shape index (κ3) is 10.1. The highest BCUT2D eigenvalue weighted by Gasteiger charge is 2.54. The first-order chi connectivity index (χ1) is 32.9. The smallest absolute Gasteiger partial charge is 0.416 e. The summed E-state index contributed by atoms with van der Waals surface area (Å²) in [4.78, 5) is 76.4. The molecule has 1 aliphatic carbocycles. The van der Waals surface area contributed by atoms with E-state index >= 15 is 0 Å². The Labute approximate surface area is 390 Å². The van der Waals surface area contributed by atoms with Gasteiger partial charge in [0.15, 0.2) is 5.60 Å². The Morgan fingerprint density at radius 3 is 1.88 bits per heavy atom. The molecule has 0 saturated carbocycles. The van der Waals surface area contributed by atoms with Crippen LogP contribution in [-0.4, -0.2) is 69.1 Å². The highest BCUT2D eigenvalue weighted by molar-refractivity contribution is 6.00. The molecule has 0 bridgehead atoms. The predicted molar refractivity (Wildman–Crippen MR) is 238 cm³/mol. The van der Waals surface area contributed by atoms with Gasteiger partial charge in [0.1, 0.15) is 23.0 Å². The Kier molecular flexibility index (Phi) is 12.9. The first-order valence-electron chi connectivity index (χ1n) is 21.3. The van der Waals surface area contributed by atoms with Crippen molar-refractivity contribution in [3.8, 4) is 45.8 Å². The molecule has 3 heterocycles. The van der Waals surface area contributed by atoms with E-state index in [1.165, 1.54) is 44.2 Å². The molecule has 1 aromatic heterocycles. The Balaban J connectivity index is 0.833. The van der Waals surface area contributed by atoms with E-state index in [9.17, 15) is 41.9 Å². The molecule has 2 aliphatic heterocycles. The lowest BCUT2D eigenvalue weighted by atomic mass is 9.76. The minimum absolute atomic E-state index is 0.0223. The first-order valence-corrected chi connectivity index (χ1v) is 21.3. The average Bonchev–Trinajstić information content (AvgIpc) is 3.44. The Morgan fingerprint density at radius 1 is 0.696 bits per heavy atom. The fraction of sp³-hybridized carbons (Fsp3) is 0.224. The molecular weight excluding hydrogens is 904 g/mol. The highest BCUT2D eigenvalue weighted by atomic mass is 19.4. The number of carbonyl (C=O) groups excluding carboxylic acids is 6. The summed E-state index contributed by atoms with van der Waals surface area (Å²) in [6.07, 6.45) is 2.17. The molecule has 1 unspecified atom stereocenters. The van der Waals surface area contributed by atoms with Crippen molar-refractivity contribution in [1.82, 2.24) is 31.0 Å². The number of alkyl halides is 3. The molecule has 0 saturated heterocycles. The second kappa shape index (κ2) is 19.0. The van der Waals surface area contributed by atoms with Gasteiger partial charge in [0.05, 0.1) is 16.6 Å². The molecule has 3 N–H and O–H groups in total. The SMILES string of the molecule is CC(=O)Oc1ccc2c(c1)Oc1cc(OC(C)=O)ccc1C21OC(=O)C2=C1C=CC(C)(C(=O)NCCNC(=O)CCCC(=O)Nc1cccc(-c3nnc(-c4ccc(C(F)(F)F)cc4)nn3)c1)C=C2. The maximum atomic E-state index is 13.7. The van der Waals surface area contributed by atoms with Crippen LogP contribution in [0.1, 0.15) is 56.7 Å². The molecule has 1 spiro atoms. The summed E-state index contributed by atoms with van der Waals surface area (Å²) in [7, 11) is 0. The number of hydrogen-bond acceptors (Lipinski definition) is 14. The van der Waals surface area contributed by atoms with Crippen LogP contribution in [0.5, 0.6) is 23.0 Å². The molecule has 5 aromatic rings. The van der Waals surface area contributed by atoms with Crippen LogP contribution < -0.4 is 30.2 Å². The summed E-state index contributed by atoms with van der Waals surface area (Å²) in [5.74, 6) is -2.00. The number of anilines is 1. The Bertz CT molecular complexity index is 2940. The normalized spacial score (nSPS) is 16.2. The standard InChI is InChI=1S/C49H40F3N7O10/c1-27(60)66-33-14-16-37-39(25-33)68-40-26-34(67-28(2)61)15-17-38(40)48(37)36-19-21-47(3,20-18-35(36)45(64)69-48)46(65)54-23-22-53-41(62)8-5-9-42(63)55-32-7-4-6-30(24-32)44-58-56-43(57-59-44)29-10-12-31(13-11-29)49(50,51)52/h4,6-7,10-21,24-26H,5,8-9,22-23H2,1-3H3,(H,53,62)(H,54,65)(H,55,63). The number of halogens is 3. The van der Waals surface area contributed by atoms with Gasteiger partial charge in [-0.05, 0) is 68.0 Å². The summed E-state index contributed by atoms with van der Waals surface area (Å²) < 4.78 is 61.8. The van der Waals surface area contributed by atoms with Crippen molar-refractivity contribution in [2.45, 2.75) is 51.8 Å². The van der Waals surface area contributed by atoms with Crippen LogP contribution in [0.15, 0.2) is 120 Å². The molecule has 3 aliphatic rings. The van der Waals surface area contributed by atoms with Crippen LogP contribution in [0, 0.1) is 5.41 Å². The summed E-state index contributed by atoms with van der Waals surface area (Å²) in [6.45, 7) is 4.32. The third-order valence-electron chi connectivity index (χ3n) is 11.1. The van der Waals surface area contributed by atoms with Crippen LogP contribution in [0.4, 0.5) is 18.9 Å². The minimum Gasteiger partial charge on any atom is -0.456 e. The lowest BCUT2D eigenvalue weighted by molar-refractivity contribution is -0.145. The first kappa shape index (κ1) is 47.0. The van der Waals surface area contributed by atoms with E-state index in [1.54, 1.807) is 73.7 Å². The molecular formula is C49H40F3N7O10. The molecule has 8 rings (SSSR count). The molecule has 1 atom stereocenters. The largest absolute Gasteiger partial charge is 0.456 e. The quantitative estimate of drug-likeness (QED) is 0.0624. The number of aromatic nitrogens is 4. The number of hydrogen-bond donors (Lipinski definition) is 3. The molecule has 0 fully saturated rings. The molecule has 4 aromatic carbocycles. The second-order valence-electron chi connectivity index (χ2n) is 16.2. The zero-order valence-corrected chi connectivity index (χ0v) is 36.9. The summed E-state index contributed by atoms with van der Waals surface area (Å²) in [5, 5.41) is 24.4. The molecule has 17 nitrogen and oxygen atoms in total. The number of rotatable bonds is 13. The topological polar surface area (TPSA) is 227 Å². The summed E-state index contributed by atoms with van der Waals surface area (Å²) in [6, 6.07) is 20.1. The van der Waals surface area contributed by atoms with E-state index < -0.39 is 46.6 Å². The zero-order valence-electron chi connectivity index (χ0n) is 36.9. The van der Waals surface area contributed by atoms with Crippen LogP contribution >= 0.6 is 0 Å². The van der Waals surface area contributed by atoms with Crippen molar-refractivity contribution in [2.24, 2.45) is 5.41 Å². The van der Waals surface area contributed by atoms with Crippen LogP contribution in [0.3, 0.4) is 0 Å². The second-order valence-corrected chi connectivity index (χ2v) is 16.2. The molecule has 69 heavy (non-hydrogen) atoms. The van der Waals surface area contributed by atoms with Gasteiger partial charge in [-0.15, -0.1) is 20.4 Å². The number of nitrogens with zero attached hydrogens (tertiary/aromatic N) is 4. The van der Waals surface area contributed by atoms with E-state index in [1.807, 2.05) is 0 Å². The van der Waals surface area contributed by atoms with Crippen molar-refractivity contribution in [1.29, 1.82) is 0 Å². The number of benzene rings is 4. The lowest BCUT2D eigenvalue weighted by Crippen LogP contribution is -2.41. The van der Waals surface area contributed by atoms with E-state index in [2.05, 4.69) is 36.3 Å². The maximum Gasteiger partial charge on any atom is 0.416 e. The molecule has 3 amide bonds. The van der Waals surface area contributed by atoms with Gasteiger partial charge >= 0.3 is 24.1 Å².